The number of carbonyl (C=O) groups excluding carboxylic acids is 1. The second-order valence-electron chi connectivity index (χ2n) is 5.29. The van der Waals surface area contributed by atoms with Gasteiger partial charge in [-0.2, -0.15) is 0 Å². The molecule has 1 amide bonds. The van der Waals surface area contributed by atoms with Gasteiger partial charge in [0.2, 0.25) is 5.91 Å². The number of imidazole rings is 1. The highest BCUT2D eigenvalue weighted by Gasteiger charge is 2.25. The van der Waals surface area contributed by atoms with Crippen molar-refractivity contribution in [3.05, 3.63) is 47.5 Å². The van der Waals surface area contributed by atoms with E-state index in [0.717, 1.165) is 17.1 Å². The average molecular weight is 270 g/mol. The number of aryl methyl sites for hydroxylation is 1. The molecule has 1 aliphatic carbocycles. The number of nitrogens with zero attached hydrogens (tertiary/aromatic N) is 2. The molecule has 1 aromatic heterocycles. The molecule has 1 heterocycles. The van der Waals surface area contributed by atoms with Crippen molar-refractivity contribution in [1.29, 1.82) is 0 Å². The van der Waals surface area contributed by atoms with Crippen LogP contribution in [0.2, 0.25) is 0 Å². The number of aromatic nitrogens is 2. The minimum atomic E-state index is -0.406. The van der Waals surface area contributed by atoms with E-state index in [9.17, 15) is 4.79 Å². The predicted molar refractivity (Wildman–Crippen MR) is 77.5 cm³/mol. The van der Waals surface area contributed by atoms with Gasteiger partial charge in [0.1, 0.15) is 5.82 Å². The van der Waals surface area contributed by atoms with Crippen LogP contribution in [0.4, 0.5) is 5.69 Å². The highest BCUT2D eigenvalue weighted by Crippen LogP contribution is 2.35. The molecule has 3 rings (SSSR count). The summed E-state index contributed by atoms with van der Waals surface area (Å²) < 4.78 is 2.22. The SMILES string of the molecule is Cc1cc(NCc2nccn2C2CC2)cc(C(N)=O)c1. The van der Waals surface area contributed by atoms with Crippen LogP contribution in [0, 0.1) is 6.92 Å². The first-order valence-electron chi connectivity index (χ1n) is 6.80. The Morgan fingerprint density at radius 3 is 2.95 bits per heavy atom. The molecule has 5 nitrogen and oxygen atoms in total. The summed E-state index contributed by atoms with van der Waals surface area (Å²) in [5.74, 6) is 0.617. The Morgan fingerprint density at radius 2 is 2.25 bits per heavy atom. The van der Waals surface area contributed by atoms with Crippen LogP contribution < -0.4 is 11.1 Å². The van der Waals surface area contributed by atoms with Gasteiger partial charge in [0.15, 0.2) is 0 Å². The highest BCUT2D eigenvalue weighted by atomic mass is 16.1. The van der Waals surface area contributed by atoms with Gasteiger partial charge in [-0.15, -0.1) is 0 Å². The summed E-state index contributed by atoms with van der Waals surface area (Å²) >= 11 is 0. The molecule has 104 valence electrons. The minimum absolute atomic E-state index is 0.406. The van der Waals surface area contributed by atoms with Crippen LogP contribution in [0.5, 0.6) is 0 Å². The second-order valence-corrected chi connectivity index (χ2v) is 5.29. The third kappa shape index (κ3) is 2.66. The van der Waals surface area contributed by atoms with Gasteiger partial charge < -0.3 is 15.6 Å². The number of amides is 1. The van der Waals surface area contributed by atoms with E-state index in [1.54, 1.807) is 12.1 Å². The van der Waals surface area contributed by atoms with E-state index >= 15 is 0 Å². The maximum atomic E-state index is 11.3. The van der Waals surface area contributed by atoms with Crippen molar-refractivity contribution in [2.45, 2.75) is 32.4 Å². The fraction of sp³-hybridized carbons (Fsp3) is 0.333. The van der Waals surface area contributed by atoms with Gasteiger partial charge in [-0.3, -0.25) is 4.79 Å². The van der Waals surface area contributed by atoms with Crippen molar-refractivity contribution in [2.24, 2.45) is 5.73 Å². The zero-order valence-electron chi connectivity index (χ0n) is 11.5. The number of hydrogen-bond acceptors (Lipinski definition) is 3. The summed E-state index contributed by atoms with van der Waals surface area (Å²) in [6, 6.07) is 6.18. The lowest BCUT2D eigenvalue weighted by Crippen LogP contribution is -2.12. The molecule has 1 fully saturated rings. The number of nitrogens with one attached hydrogen (secondary N) is 1. The normalized spacial score (nSPS) is 14.2. The smallest absolute Gasteiger partial charge is 0.248 e. The maximum Gasteiger partial charge on any atom is 0.248 e. The molecule has 20 heavy (non-hydrogen) atoms. The average Bonchev–Trinajstić information content (AvgIpc) is 3.15. The first-order valence-corrected chi connectivity index (χ1v) is 6.80. The lowest BCUT2D eigenvalue weighted by Gasteiger charge is -2.10. The fourth-order valence-corrected chi connectivity index (χ4v) is 2.37. The molecule has 1 aromatic carbocycles. The van der Waals surface area contributed by atoms with Crippen molar-refractivity contribution in [1.82, 2.24) is 9.55 Å². The van der Waals surface area contributed by atoms with Crippen molar-refractivity contribution < 1.29 is 4.79 Å². The molecule has 0 atom stereocenters. The Kier molecular flexibility index (Phi) is 3.18. The first-order chi connectivity index (χ1) is 9.63. The topological polar surface area (TPSA) is 72.9 Å². The van der Waals surface area contributed by atoms with E-state index in [-0.39, 0.29) is 0 Å². The Bertz CT molecular complexity index is 643. The quantitative estimate of drug-likeness (QED) is 0.875. The van der Waals surface area contributed by atoms with Gasteiger partial charge in [-0.25, -0.2) is 4.98 Å². The number of nitrogens with two attached hydrogens (primary N) is 1. The van der Waals surface area contributed by atoms with Gasteiger partial charge in [0.25, 0.3) is 0 Å². The third-order valence-corrected chi connectivity index (χ3v) is 3.50. The largest absolute Gasteiger partial charge is 0.378 e. The molecule has 1 aliphatic rings. The van der Waals surface area contributed by atoms with E-state index in [0.29, 0.717) is 18.2 Å². The van der Waals surface area contributed by atoms with Gasteiger partial charge >= 0.3 is 0 Å². The molecule has 0 spiro atoms. The summed E-state index contributed by atoms with van der Waals surface area (Å²) in [5, 5.41) is 3.32. The van der Waals surface area contributed by atoms with Gasteiger partial charge in [0.05, 0.1) is 6.54 Å². The van der Waals surface area contributed by atoms with Crippen molar-refractivity contribution >= 4 is 11.6 Å². The Hall–Kier alpha value is -2.30. The predicted octanol–water partition coefficient (Wildman–Crippen LogP) is 2.24. The van der Waals surface area contributed by atoms with E-state index < -0.39 is 5.91 Å². The van der Waals surface area contributed by atoms with Crippen LogP contribution in [0.15, 0.2) is 30.6 Å². The zero-order valence-corrected chi connectivity index (χ0v) is 11.5. The van der Waals surface area contributed by atoms with Gasteiger partial charge in [-0.05, 0) is 43.5 Å². The van der Waals surface area contributed by atoms with Crippen LogP contribution in [0.25, 0.3) is 0 Å². The van der Waals surface area contributed by atoms with Crippen LogP contribution >= 0.6 is 0 Å². The van der Waals surface area contributed by atoms with Crippen LogP contribution in [-0.2, 0) is 6.54 Å². The summed E-state index contributed by atoms with van der Waals surface area (Å²) in [6.45, 7) is 2.59. The summed E-state index contributed by atoms with van der Waals surface area (Å²) in [5.41, 5.74) is 7.76. The Morgan fingerprint density at radius 1 is 1.45 bits per heavy atom. The molecule has 2 aromatic rings. The van der Waals surface area contributed by atoms with E-state index in [1.807, 2.05) is 25.4 Å². The molecular formula is C15H18N4O. The number of anilines is 1. The number of benzene rings is 1. The molecule has 0 saturated heterocycles. The van der Waals surface area contributed by atoms with Crippen LogP contribution in [-0.4, -0.2) is 15.5 Å². The van der Waals surface area contributed by atoms with E-state index in [4.69, 9.17) is 5.73 Å². The van der Waals surface area contributed by atoms with E-state index in [1.165, 1.54) is 12.8 Å². The summed E-state index contributed by atoms with van der Waals surface area (Å²) in [4.78, 5) is 15.6. The lowest BCUT2D eigenvalue weighted by molar-refractivity contribution is 0.1000. The van der Waals surface area contributed by atoms with Crippen molar-refractivity contribution in [3.63, 3.8) is 0 Å². The third-order valence-electron chi connectivity index (χ3n) is 3.50. The Labute approximate surface area is 117 Å². The molecule has 0 unspecified atom stereocenters. The zero-order chi connectivity index (χ0) is 14.1. The van der Waals surface area contributed by atoms with Gasteiger partial charge in [0, 0.05) is 29.7 Å². The fourth-order valence-electron chi connectivity index (χ4n) is 2.37. The summed E-state index contributed by atoms with van der Waals surface area (Å²) in [7, 11) is 0. The first kappa shape index (κ1) is 12.7. The highest BCUT2D eigenvalue weighted by molar-refractivity contribution is 5.94. The maximum absolute atomic E-state index is 11.3. The molecule has 0 aliphatic heterocycles. The standard InChI is InChI=1S/C15H18N4O/c1-10-6-11(15(16)20)8-12(7-10)18-9-14-17-4-5-19(14)13-2-3-13/h4-8,13,18H,2-3,9H2,1H3,(H2,16,20). The van der Waals surface area contributed by atoms with Crippen LogP contribution in [0.1, 0.15) is 40.6 Å². The van der Waals surface area contributed by atoms with Crippen molar-refractivity contribution in [3.8, 4) is 0 Å². The molecule has 3 N–H and O–H groups in total. The molecule has 5 heteroatoms. The molecule has 0 bridgehead atoms. The number of hydrogen-bond donors (Lipinski definition) is 2. The minimum Gasteiger partial charge on any atom is -0.378 e. The second kappa shape index (κ2) is 5.00. The van der Waals surface area contributed by atoms with E-state index in [2.05, 4.69) is 14.9 Å². The van der Waals surface area contributed by atoms with Gasteiger partial charge in [-0.1, -0.05) is 0 Å². The summed E-state index contributed by atoms with van der Waals surface area (Å²) in [6.07, 6.45) is 6.33. The molecular weight excluding hydrogens is 252 g/mol. The number of primary amides is 1. The lowest BCUT2D eigenvalue weighted by atomic mass is 10.1. The molecule has 0 radical (unpaired) electrons. The Balaban J connectivity index is 1.74. The number of rotatable bonds is 5. The van der Waals surface area contributed by atoms with Crippen LogP contribution in [0.3, 0.4) is 0 Å². The van der Waals surface area contributed by atoms with Crippen molar-refractivity contribution in [2.75, 3.05) is 5.32 Å². The molecule has 1 saturated carbocycles. The monoisotopic (exact) mass is 270 g/mol. The number of carbonyl (C=O) groups is 1.